The van der Waals surface area contributed by atoms with Crippen LogP contribution in [-0.2, 0) is 6.17 Å². The smallest absolute Gasteiger partial charge is 0.123 e. The van der Waals surface area contributed by atoms with Crippen molar-refractivity contribution in [1.29, 1.82) is 0 Å². The average molecular weight is 312 g/mol. The fraction of sp³-hybridized carbons (Fsp3) is 0.118. The Bertz CT molecular complexity index is 664. The molecule has 0 fully saturated rings. The molecule has 0 N–H and O–H groups in total. The molecule has 3 aromatic rings. The summed E-state index contributed by atoms with van der Waals surface area (Å²) in [5.74, 6) is -0.501. The largest absolute Gasteiger partial charge is 0.341 e. The number of imidazole rings is 1. The molecule has 2 nitrogen and oxygen atoms in total. The first-order valence-corrected chi connectivity index (χ1v) is 8.21. The van der Waals surface area contributed by atoms with Crippen LogP contribution in [0, 0.1) is 11.6 Å². The van der Waals surface area contributed by atoms with Crippen LogP contribution in [0.25, 0.3) is 0 Å². The second kappa shape index (κ2) is 6.66. The third-order valence-electron chi connectivity index (χ3n) is 3.44. The highest BCUT2D eigenvalue weighted by atomic mass is 28.2. The van der Waals surface area contributed by atoms with Gasteiger partial charge in [-0.3, -0.25) is 0 Å². The number of hydrogen-bond acceptors (Lipinski definition) is 1. The second-order valence-electron chi connectivity index (χ2n) is 4.98. The van der Waals surface area contributed by atoms with E-state index >= 15 is 0 Å². The van der Waals surface area contributed by atoms with E-state index in [1.165, 1.54) is 24.3 Å². The van der Waals surface area contributed by atoms with Crippen molar-refractivity contribution in [3.63, 3.8) is 0 Å². The zero-order valence-corrected chi connectivity index (χ0v) is 12.8. The lowest BCUT2D eigenvalue weighted by molar-refractivity contribution is 0.626. The molecule has 22 heavy (non-hydrogen) atoms. The highest BCUT2D eigenvalue weighted by molar-refractivity contribution is 6.37. The molecular weight excluding hydrogens is 298 g/mol. The number of rotatable bonds is 5. The lowest BCUT2D eigenvalue weighted by Crippen LogP contribution is -2.16. The van der Waals surface area contributed by atoms with Gasteiger partial charge in [0.2, 0.25) is 0 Å². The van der Waals surface area contributed by atoms with E-state index in [1.807, 2.05) is 10.8 Å². The summed E-state index contributed by atoms with van der Waals surface area (Å²) in [6.45, 7) is 0. The molecule has 110 valence electrons. The minimum Gasteiger partial charge on any atom is -0.341 e. The maximum absolute atomic E-state index is 13.2. The van der Waals surface area contributed by atoms with E-state index in [4.69, 9.17) is 0 Å². The Morgan fingerprint density at radius 2 is 1.45 bits per heavy atom. The summed E-state index contributed by atoms with van der Waals surface area (Å²) < 4.78 is 28.3. The highest BCUT2D eigenvalue weighted by Gasteiger charge is 2.15. The van der Waals surface area contributed by atoms with Crippen molar-refractivity contribution in [2.24, 2.45) is 0 Å². The molecule has 0 aliphatic rings. The third-order valence-corrected chi connectivity index (χ3v) is 5.07. The van der Waals surface area contributed by atoms with Crippen LogP contribution in [0.1, 0.15) is 16.7 Å². The molecule has 0 bridgehead atoms. The van der Waals surface area contributed by atoms with Crippen LogP contribution >= 0.6 is 0 Å². The van der Waals surface area contributed by atoms with E-state index in [0.29, 0.717) is 9.52 Å². The van der Waals surface area contributed by atoms with E-state index in [2.05, 4.69) is 4.98 Å². The molecule has 1 aromatic heterocycles. The molecule has 2 radical (unpaired) electrons. The van der Waals surface area contributed by atoms with E-state index < -0.39 is 0 Å². The zero-order valence-electron chi connectivity index (χ0n) is 11.8. The van der Waals surface area contributed by atoms with Crippen LogP contribution in [-0.4, -0.2) is 19.1 Å². The first-order valence-electron chi connectivity index (χ1n) is 6.92. The lowest BCUT2D eigenvalue weighted by atomic mass is 10.0. The van der Waals surface area contributed by atoms with Crippen molar-refractivity contribution < 1.29 is 8.78 Å². The van der Waals surface area contributed by atoms with Crippen LogP contribution in [0.5, 0.6) is 0 Å². The Labute approximate surface area is 130 Å². The molecule has 0 atom stereocenters. The molecule has 0 saturated carbocycles. The molecule has 0 aliphatic carbocycles. The summed E-state index contributed by atoms with van der Waals surface area (Å²) >= 11 is 0. The first-order chi connectivity index (χ1) is 10.7. The molecule has 0 unspecified atom stereocenters. The summed E-state index contributed by atoms with van der Waals surface area (Å²) in [6.07, 6.45) is 6.26. The van der Waals surface area contributed by atoms with Crippen molar-refractivity contribution in [1.82, 2.24) is 9.55 Å². The van der Waals surface area contributed by atoms with E-state index in [0.717, 1.165) is 17.3 Å². The van der Waals surface area contributed by atoms with Gasteiger partial charge in [-0.2, -0.15) is 0 Å². The highest BCUT2D eigenvalue weighted by Crippen LogP contribution is 2.24. The Morgan fingerprint density at radius 1 is 0.909 bits per heavy atom. The van der Waals surface area contributed by atoms with Crippen molar-refractivity contribution >= 4 is 9.52 Å². The van der Waals surface area contributed by atoms with Crippen LogP contribution in [0.15, 0.2) is 67.3 Å². The van der Waals surface area contributed by atoms with E-state index in [1.54, 1.807) is 36.8 Å². The number of nitrogens with zero attached hydrogens (tertiary/aromatic N) is 2. The summed E-state index contributed by atoms with van der Waals surface area (Å²) in [7, 11) is 0.544. The minimum absolute atomic E-state index is 0.114. The summed E-state index contributed by atoms with van der Waals surface area (Å²) in [4.78, 5) is 4.04. The monoisotopic (exact) mass is 312 g/mol. The minimum atomic E-state index is -0.250. The van der Waals surface area contributed by atoms with Crippen LogP contribution in [0.2, 0.25) is 0 Å². The predicted octanol–water partition coefficient (Wildman–Crippen LogP) is 3.61. The quantitative estimate of drug-likeness (QED) is 0.658. The van der Waals surface area contributed by atoms with Gasteiger partial charge in [-0.15, -0.1) is 0 Å². The Morgan fingerprint density at radius 3 is 1.91 bits per heavy atom. The SMILES string of the molecule is Fc1ccc(C([Si]Cn2ccnc2)c2ccc(F)cc2)cc1. The van der Waals surface area contributed by atoms with Crippen LogP contribution < -0.4 is 0 Å². The number of aromatic nitrogens is 2. The molecule has 3 rings (SSSR count). The lowest BCUT2D eigenvalue weighted by Gasteiger charge is -2.17. The van der Waals surface area contributed by atoms with Gasteiger partial charge in [-0.05, 0) is 35.4 Å². The normalized spacial score (nSPS) is 11.0. The maximum Gasteiger partial charge on any atom is 0.123 e. The summed E-state index contributed by atoms with van der Waals surface area (Å²) in [5.41, 5.74) is 2.18. The van der Waals surface area contributed by atoms with Gasteiger partial charge in [0, 0.05) is 24.1 Å². The molecule has 0 amide bonds. The Kier molecular flexibility index (Phi) is 4.44. The Balaban J connectivity index is 1.87. The maximum atomic E-state index is 13.2. The number of hydrogen-bond donors (Lipinski definition) is 0. The van der Waals surface area contributed by atoms with Crippen molar-refractivity contribution in [3.8, 4) is 0 Å². The van der Waals surface area contributed by atoms with Gasteiger partial charge in [0.25, 0.3) is 0 Å². The van der Waals surface area contributed by atoms with Gasteiger partial charge < -0.3 is 4.57 Å². The van der Waals surface area contributed by atoms with E-state index in [9.17, 15) is 8.78 Å². The third kappa shape index (κ3) is 3.48. The standard InChI is InChI=1S/C17H14F2N2Si/c18-15-5-1-13(2-6-15)17(14-3-7-16(19)8-4-14)22-12-21-10-9-20-11-21/h1-11,17H,12H2. The van der Waals surface area contributed by atoms with Crippen molar-refractivity contribution in [2.45, 2.75) is 11.7 Å². The first kappa shape index (κ1) is 14.7. The predicted molar refractivity (Wildman–Crippen MR) is 82.6 cm³/mol. The van der Waals surface area contributed by atoms with Gasteiger partial charge in [0.05, 0.1) is 15.8 Å². The summed E-state index contributed by atoms with van der Waals surface area (Å²) in [6, 6.07) is 13.0. The molecule has 2 aromatic carbocycles. The molecule has 1 heterocycles. The van der Waals surface area contributed by atoms with Crippen molar-refractivity contribution in [3.05, 3.63) is 90.0 Å². The van der Waals surface area contributed by atoms with Gasteiger partial charge in [-0.25, -0.2) is 13.8 Å². The fourth-order valence-corrected chi connectivity index (χ4v) is 3.75. The zero-order chi connectivity index (χ0) is 15.4. The van der Waals surface area contributed by atoms with Crippen molar-refractivity contribution in [2.75, 3.05) is 0 Å². The Hall–Kier alpha value is -2.27. The number of benzene rings is 2. The fourth-order valence-electron chi connectivity index (χ4n) is 2.32. The average Bonchev–Trinajstić information content (AvgIpc) is 3.04. The molecule has 0 aliphatic heterocycles. The van der Waals surface area contributed by atoms with Gasteiger partial charge in [0.15, 0.2) is 0 Å². The second-order valence-corrected chi connectivity index (χ2v) is 6.28. The van der Waals surface area contributed by atoms with Gasteiger partial charge >= 0.3 is 0 Å². The van der Waals surface area contributed by atoms with E-state index in [-0.39, 0.29) is 17.2 Å². The van der Waals surface area contributed by atoms with Gasteiger partial charge in [0.1, 0.15) is 11.6 Å². The van der Waals surface area contributed by atoms with Gasteiger partial charge in [-0.1, -0.05) is 24.3 Å². The van der Waals surface area contributed by atoms with Crippen LogP contribution in [0.4, 0.5) is 8.78 Å². The molecular formula is C17H14F2N2Si. The molecule has 0 spiro atoms. The molecule has 0 saturated heterocycles. The topological polar surface area (TPSA) is 17.8 Å². The summed E-state index contributed by atoms with van der Waals surface area (Å²) in [5, 5.41) is 0. The van der Waals surface area contributed by atoms with Crippen LogP contribution in [0.3, 0.4) is 0 Å². The number of halogens is 2. The molecule has 5 heteroatoms.